The van der Waals surface area contributed by atoms with Crippen LogP contribution in [0.5, 0.6) is 0 Å². The third-order valence-electron chi connectivity index (χ3n) is 4.42. The van der Waals surface area contributed by atoms with E-state index in [2.05, 4.69) is 25.5 Å². The van der Waals surface area contributed by atoms with E-state index in [1.807, 2.05) is 36.1 Å². The van der Waals surface area contributed by atoms with Crippen LogP contribution < -0.4 is 10.9 Å². The minimum Gasteiger partial charge on any atom is -0.344 e. The van der Waals surface area contributed by atoms with Crippen molar-refractivity contribution in [1.29, 1.82) is 0 Å². The third-order valence-corrected chi connectivity index (χ3v) is 4.42. The minimum atomic E-state index is -0.394. The normalized spacial score (nSPS) is 17.4. The molecule has 1 aliphatic heterocycles. The van der Waals surface area contributed by atoms with Crippen LogP contribution in [0.3, 0.4) is 0 Å². The van der Waals surface area contributed by atoms with Gasteiger partial charge in [0.25, 0.3) is 5.56 Å². The summed E-state index contributed by atoms with van der Waals surface area (Å²) in [5.74, 6) is 0.283. The molecule has 1 aromatic carbocycles. The van der Waals surface area contributed by atoms with Gasteiger partial charge in [-0.25, -0.2) is 0 Å². The SMILES string of the molecule is Cc1ccc(CN2CCC(Nc3nc4[nH]ncc4c(=O)[nH]3)C2=O)cc1. The summed E-state index contributed by atoms with van der Waals surface area (Å²) in [7, 11) is 0. The number of carbonyl (C=O) groups excluding carboxylic acids is 1. The molecule has 0 bridgehead atoms. The number of hydrogen-bond donors (Lipinski definition) is 3. The van der Waals surface area contributed by atoms with Crippen LogP contribution in [0.2, 0.25) is 0 Å². The monoisotopic (exact) mass is 338 g/mol. The fourth-order valence-electron chi connectivity index (χ4n) is 3.02. The lowest BCUT2D eigenvalue weighted by atomic mass is 10.1. The second kappa shape index (κ2) is 6.04. The highest BCUT2D eigenvalue weighted by molar-refractivity contribution is 5.86. The number of anilines is 1. The molecule has 0 saturated carbocycles. The number of nitrogens with one attached hydrogen (secondary N) is 3. The van der Waals surface area contributed by atoms with Crippen LogP contribution in [-0.2, 0) is 11.3 Å². The number of nitrogens with zero attached hydrogens (tertiary/aromatic N) is 3. The van der Waals surface area contributed by atoms with Crippen molar-refractivity contribution in [3.8, 4) is 0 Å². The molecule has 8 nitrogen and oxygen atoms in total. The van der Waals surface area contributed by atoms with Gasteiger partial charge in [0.2, 0.25) is 11.9 Å². The molecular formula is C17H18N6O2. The van der Waals surface area contributed by atoms with Crippen LogP contribution in [-0.4, -0.2) is 43.6 Å². The summed E-state index contributed by atoms with van der Waals surface area (Å²) in [6.45, 7) is 3.29. The molecule has 8 heteroatoms. The fourth-order valence-corrected chi connectivity index (χ4v) is 3.02. The van der Waals surface area contributed by atoms with Crippen LogP contribution in [0.15, 0.2) is 35.3 Å². The first kappa shape index (κ1) is 15.4. The summed E-state index contributed by atoms with van der Waals surface area (Å²) < 4.78 is 0. The molecule has 1 aliphatic rings. The van der Waals surface area contributed by atoms with Gasteiger partial charge >= 0.3 is 0 Å². The number of amides is 1. The number of H-pyrrole nitrogens is 2. The van der Waals surface area contributed by atoms with Crippen molar-refractivity contribution in [3.05, 3.63) is 51.9 Å². The van der Waals surface area contributed by atoms with E-state index in [-0.39, 0.29) is 17.4 Å². The van der Waals surface area contributed by atoms with Crippen molar-refractivity contribution < 1.29 is 4.79 Å². The van der Waals surface area contributed by atoms with Crippen molar-refractivity contribution in [2.75, 3.05) is 11.9 Å². The molecule has 2 aromatic heterocycles. The van der Waals surface area contributed by atoms with Crippen molar-refractivity contribution >= 4 is 22.9 Å². The van der Waals surface area contributed by atoms with E-state index in [0.29, 0.717) is 30.5 Å². The van der Waals surface area contributed by atoms with Gasteiger partial charge in [-0.15, -0.1) is 0 Å². The van der Waals surface area contributed by atoms with E-state index in [9.17, 15) is 9.59 Å². The number of carbonyl (C=O) groups is 1. The van der Waals surface area contributed by atoms with Crippen molar-refractivity contribution in [2.24, 2.45) is 0 Å². The van der Waals surface area contributed by atoms with Gasteiger partial charge in [-0.05, 0) is 18.9 Å². The Labute approximate surface area is 143 Å². The molecule has 1 atom stereocenters. The lowest BCUT2D eigenvalue weighted by molar-refractivity contribution is -0.128. The number of aromatic nitrogens is 4. The Bertz CT molecular complexity index is 975. The third kappa shape index (κ3) is 2.98. The number of likely N-dealkylation sites (tertiary alicyclic amines) is 1. The van der Waals surface area contributed by atoms with E-state index < -0.39 is 6.04 Å². The second-order valence-electron chi connectivity index (χ2n) is 6.28. The van der Waals surface area contributed by atoms with Crippen molar-refractivity contribution in [2.45, 2.75) is 25.9 Å². The predicted octanol–water partition coefficient (Wildman–Crippen LogP) is 1.17. The van der Waals surface area contributed by atoms with Gasteiger partial charge in [0, 0.05) is 13.1 Å². The summed E-state index contributed by atoms with van der Waals surface area (Å²) in [6, 6.07) is 7.76. The Morgan fingerprint density at radius 3 is 2.88 bits per heavy atom. The number of aromatic amines is 2. The average molecular weight is 338 g/mol. The summed E-state index contributed by atoms with van der Waals surface area (Å²) in [4.78, 5) is 33.3. The Morgan fingerprint density at radius 2 is 2.08 bits per heavy atom. The highest BCUT2D eigenvalue weighted by Gasteiger charge is 2.32. The first-order valence-electron chi connectivity index (χ1n) is 8.14. The van der Waals surface area contributed by atoms with E-state index in [1.165, 1.54) is 11.8 Å². The Kier molecular flexibility index (Phi) is 3.72. The van der Waals surface area contributed by atoms with Crippen LogP contribution in [0.1, 0.15) is 17.5 Å². The summed E-state index contributed by atoms with van der Waals surface area (Å²) >= 11 is 0. The van der Waals surface area contributed by atoms with Gasteiger partial charge in [-0.1, -0.05) is 29.8 Å². The molecule has 1 fully saturated rings. The number of benzene rings is 1. The van der Waals surface area contributed by atoms with E-state index in [0.717, 1.165) is 5.56 Å². The molecule has 25 heavy (non-hydrogen) atoms. The van der Waals surface area contributed by atoms with Gasteiger partial charge in [-0.3, -0.25) is 19.7 Å². The van der Waals surface area contributed by atoms with Crippen molar-refractivity contribution in [3.63, 3.8) is 0 Å². The second-order valence-corrected chi connectivity index (χ2v) is 6.28. The van der Waals surface area contributed by atoms with Gasteiger partial charge in [0.05, 0.1) is 6.20 Å². The quantitative estimate of drug-likeness (QED) is 0.662. The highest BCUT2D eigenvalue weighted by Crippen LogP contribution is 2.18. The number of rotatable bonds is 4. The molecule has 3 heterocycles. The molecule has 1 unspecified atom stereocenters. The number of fused-ring (bicyclic) bond motifs is 1. The predicted molar refractivity (Wildman–Crippen MR) is 93.1 cm³/mol. The van der Waals surface area contributed by atoms with Crippen LogP contribution >= 0.6 is 0 Å². The average Bonchev–Trinajstić information content (AvgIpc) is 3.19. The maximum absolute atomic E-state index is 12.6. The molecule has 4 rings (SSSR count). The minimum absolute atomic E-state index is 0.00734. The Morgan fingerprint density at radius 1 is 1.28 bits per heavy atom. The van der Waals surface area contributed by atoms with Gasteiger partial charge in [-0.2, -0.15) is 10.1 Å². The largest absolute Gasteiger partial charge is 0.344 e. The summed E-state index contributed by atoms with van der Waals surface area (Å²) in [6.07, 6.45) is 2.09. The van der Waals surface area contributed by atoms with E-state index in [1.54, 1.807) is 0 Å². The standard InChI is InChI=1S/C17H18N6O2/c1-10-2-4-11(5-3-10)9-23-7-6-13(16(23)25)19-17-20-14-12(8-18-22-14)15(24)21-17/h2-5,8,13H,6-7,9H2,1H3,(H3,18,19,20,21,22,24). The zero-order valence-corrected chi connectivity index (χ0v) is 13.7. The first-order chi connectivity index (χ1) is 12.1. The van der Waals surface area contributed by atoms with Gasteiger partial charge < -0.3 is 10.2 Å². The molecule has 3 aromatic rings. The van der Waals surface area contributed by atoms with Crippen LogP contribution in [0.25, 0.3) is 11.0 Å². The van der Waals surface area contributed by atoms with Crippen LogP contribution in [0, 0.1) is 6.92 Å². The molecule has 1 saturated heterocycles. The summed E-state index contributed by atoms with van der Waals surface area (Å²) in [5, 5.41) is 9.90. The molecule has 3 N–H and O–H groups in total. The Hall–Kier alpha value is -3.16. The zero-order chi connectivity index (χ0) is 17.4. The molecule has 0 spiro atoms. The van der Waals surface area contributed by atoms with Crippen LogP contribution in [0.4, 0.5) is 5.95 Å². The van der Waals surface area contributed by atoms with Crippen molar-refractivity contribution in [1.82, 2.24) is 25.1 Å². The van der Waals surface area contributed by atoms with E-state index >= 15 is 0 Å². The first-order valence-corrected chi connectivity index (χ1v) is 8.14. The maximum Gasteiger partial charge on any atom is 0.263 e. The lowest BCUT2D eigenvalue weighted by Gasteiger charge is -2.17. The molecule has 0 aliphatic carbocycles. The molecule has 1 amide bonds. The van der Waals surface area contributed by atoms with Gasteiger partial charge in [0.1, 0.15) is 11.4 Å². The Balaban J connectivity index is 1.47. The highest BCUT2D eigenvalue weighted by atomic mass is 16.2. The molecule has 128 valence electrons. The summed E-state index contributed by atoms with van der Waals surface area (Å²) in [5.41, 5.74) is 2.40. The van der Waals surface area contributed by atoms with Gasteiger partial charge in [0.15, 0.2) is 5.65 Å². The fraction of sp³-hybridized carbons (Fsp3) is 0.294. The lowest BCUT2D eigenvalue weighted by Crippen LogP contribution is -2.34. The zero-order valence-electron chi connectivity index (χ0n) is 13.7. The molecular weight excluding hydrogens is 320 g/mol. The molecule has 0 radical (unpaired) electrons. The maximum atomic E-state index is 12.6. The number of aryl methyl sites for hydroxylation is 1. The number of hydrogen-bond acceptors (Lipinski definition) is 5. The topological polar surface area (TPSA) is 107 Å². The van der Waals surface area contributed by atoms with E-state index in [4.69, 9.17) is 0 Å². The smallest absolute Gasteiger partial charge is 0.263 e.